The second kappa shape index (κ2) is 4.97. The number of alkyl halides is 1. The van der Waals surface area contributed by atoms with E-state index >= 15 is 0 Å². The maximum absolute atomic E-state index is 3.73. The zero-order valence-electron chi connectivity index (χ0n) is 7.06. The third-order valence-electron chi connectivity index (χ3n) is 2.55. The van der Waals surface area contributed by atoms with Crippen molar-refractivity contribution in [2.75, 3.05) is 0 Å². The Labute approximate surface area is 78.2 Å². The molecular formula is C10H17Br. The predicted octanol–water partition coefficient (Wildman–Crippen LogP) is 3.91. The van der Waals surface area contributed by atoms with Crippen molar-refractivity contribution in [3.8, 4) is 0 Å². The molecule has 0 saturated heterocycles. The summed E-state index contributed by atoms with van der Waals surface area (Å²) >= 11 is 3.73. The van der Waals surface area contributed by atoms with E-state index in [1.54, 1.807) is 0 Å². The summed E-state index contributed by atoms with van der Waals surface area (Å²) in [6.45, 7) is 3.73. The fourth-order valence-corrected chi connectivity index (χ4v) is 2.69. The molecule has 1 rings (SSSR count). The van der Waals surface area contributed by atoms with Gasteiger partial charge in [0.15, 0.2) is 0 Å². The van der Waals surface area contributed by atoms with Gasteiger partial charge < -0.3 is 0 Å². The Morgan fingerprint density at radius 1 is 1.45 bits per heavy atom. The molecule has 0 heterocycles. The molecule has 0 nitrogen and oxygen atoms in total. The van der Waals surface area contributed by atoms with Crippen LogP contribution in [0.15, 0.2) is 12.7 Å². The molecule has 1 aliphatic rings. The first kappa shape index (κ1) is 9.31. The Hall–Kier alpha value is 0.220. The van der Waals surface area contributed by atoms with Gasteiger partial charge >= 0.3 is 0 Å². The van der Waals surface area contributed by atoms with Crippen LogP contribution in [0.3, 0.4) is 0 Å². The summed E-state index contributed by atoms with van der Waals surface area (Å²) in [5.74, 6) is 0.954. The van der Waals surface area contributed by atoms with Crippen molar-refractivity contribution < 1.29 is 0 Å². The van der Waals surface area contributed by atoms with E-state index in [1.807, 2.05) is 6.08 Å². The summed E-state index contributed by atoms with van der Waals surface area (Å²) in [5.41, 5.74) is 0. The quantitative estimate of drug-likeness (QED) is 0.380. The van der Waals surface area contributed by atoms with Gasteiger partial charge in [-0.3, -0.25) is 0 Å². The van der Waals surface area contributed by atoms with Crippen molar-refractivity contribution in [1.82, 2.24) is 0 Å². The van der Waals surface area contributed by atoms with Gasteiger partial charge in [-0.2, -0.15) is 0 Å². The van der Waals surface area contributed by atoms with E-state index in [1.165, 1.54) is 38.5 Å². The minimum Gasteiger partial charge on any atom is -0.103 e. The highest BCUT2D eigenvalue weighted by Gasteiger charge is 2.23. The van der Waals surface area contributed by atoms with Crippen molar-refractivity contribution in [2.24, 2.45) is 5.92 Å². The van der Waals surface area contributed by atoms with E-state index in [-0.39, 0.29) is 0 Å². The third kappa shape index (κ3) is 2.98. The Morgan fingerprint density at radius 3 is 2.82 bits per heavy atom. The van der Waals surface area contributed by atoms with E-state index in [0.29, 0.717) is 0 Å². The first-order valence-corrected chi connectivity index (χ1v) is 5.51. The fraction of sp³-hybridized carbons (Fsp3) is 0.800. The molecule has 0 aliphatic heterocycles. The molecule has 0 radical (unpaired) electrons. The molecule has 0 N–H and O–H groups in total. The molecule has 1 saturated carbocycles. The van der Waals surface area contributed by atoms with Crippen LogP contribution in [0.5, 0.6) is 0 Å². The van der Waals surface area contributed by atoms with Crippen LogP contribution >= 0.6 is 15.9 Å². The first-order valence-electron chi connectivity index (χ1n) is 4.59. The molecule has 0 amide bonds. The molecule has 0 bridgehead atoms. The van der Waals surface area contributed by atoms with Crippen LogP contribution in [-0.2, 0) is 0 Å². The maximum atomic E-state index is 3.73. The van der Waals surface area contributed by atoms with Gasteiger partial charge in [0.25, 0.3) is 0 Å². The predicted molar refractivity (Wildman–Crippen MR) is 54.1 cm³/mol. The lowest BCUT2D eigenvalue weighted by molar-refractivity contribution is 0.499. The molecule has 0 aromatic rings. The summed E-state index contributed by atoms with van der Waals surface area (Å²) in [7, 11) is 0. The second-order valence-corrected chi connectivity index (χ2v) is 4.60. The number of allylic oxidation sites excluding steroid dienone is 1. The summed E-state index contributed by atoms with van der Waals surface area (Å²) in [6, 6.07) is 0. The van der Waals surface area contributed by atoms with Gasteiger partial charge in [0.2, 0.25) is 0 Å². The molecule has 0 aromatic carbocycles. The van der Waals surface area contributed by atoms with Gasteiger partial charge in [-0.15, -0.1) is 6.58 Å². The topological polar surface area (TPSA) is 0 Å². The third-order valence-corrected chi connectivity index (χ3v) is 3.75. The van der Waals surface area contributed by atoms with Gasteiger partial charge in [0.1, 0.15) is 0 Å². The van der Waals surface area contributed by atoms with Gasteiger partial charge in [-0.25, -0.2) is 0 Å². The molecule has 1 aliphatic carbocycles. The van der Waals surface area contributed by atoms with Gasteiger partial charge in [-0.1, -0.05) is 28.4 Å². The highest BCUT2D eigenvalue weighted by Crippen LogP contribution is 2.34. The average Bonchev–Trinajstić information content (AvgIpc) is 2.37. The summed E-state index contributed by atoms with van der Waals surface area (Å²) in [4.78, 5) is 0.812. The first-order chi connectivity index (χ1) is 5.34. The van der Waals surface area contributed by atoms with Crippen molar-refractivity contribution in [1.29, 1.82) is 0 Å². The normalized spacial score (nSPS) is 30.6. The van der Waals surface area contributed by atoms with Gasteiger partial charge in [0.05, 0.1) is 0 Å². The van der Waals surface area contributed by atoms with Crippen molar-refractivity contribution in [2.45, 2.75) is 43.4 Å². The molecule has 64 valence electrons. The van der Waals surface area contributed by atoms with Crippen LogP contribution in [0, 0.1) is 5.92 Å². The second-order valence-electron chi connectivity index (χ2n) is 3.43. The molecule has 11 heavy (non-hydrogen) atoms. The van der Waals surface area contributed by atoms with Crippen LogP contribution < -0.4 is 0 Å². The Morgan fingerprint density at radius 2 is 2.27 bits per heavy atom. The van der Waals surface area contributed by atoms with Gasteiger partial charge in [-0.05, 0) is 38.0 Å². The lowest BCUT2D eigenvalue weighted by atomic mass is 10.0. The monoisotopic (exact) mass is 216 g/mol. The highest BCUT2D eigenvalue weighted by atomic mass is 79.9. The fourth-order valence-electron chi connectivity index (χ4n) is 1.84. The molecule has 0 spiro atoms. The maximum Gasteiger partial charge on any atom is 0.0174 e. The summed E-state index contributed by atoms with van der Waals surface area (Å²) in [6.07, 6.45) is 10.2. The molecule has 2 atom stereocenters. The van der Waals surface area contributed by atoms with Crippen molar-refractivity contribution >= 4 is 15.9 Å². The minimum absolute atomic E-state index is 0.812. The zero-order valence-corrected chi connectivity index (χ0v) is 8.65. The number of halogens is 1. The van der Waals surface area contributed by atoms with E-state index in [0.717, 1.165) is 10.7 Å². The molecular weight excluding hydrogens is 200 g/mol. The number of hydrogen-bond donors (Lipinski definition) is 0. The Bertz CT molecular complexity index is 120. The Kier molecular flexibility index (Phi) is 4.21. The molecule has 2 unspecified atom stereocenters. The number of rotatable bonds is 4. The standard InChI is InChI=1S/C10H17Br/c1-2-3-4-6-9-7-5-8-10(9)11/h2,9-10H,1,3-8H2. The van der Waals surface area contributed by atoms with Crippen molar-refractivity contribution in [3.63, 3.8) is 0 Å². The summed E-state index contributed by atoms with van der Waals surface area (Å²) < 4.78 is 0. The smallest absolute Gasteiger partial charge is 0.0174 e. The molecule has 1 heteroatoms. The lowest BCUT2D eigenvalue weighted by Gasteiger charge is -2.12. The van der Waals surface area contributed by atoms with Crippen LogP contribution in [0.1, 0.15) is 38.5 Å². The van der Waals surface area contributed by atoms with Crippen LogP contribution in [0.25, 0.3) is 0 Å². The average molecular weight is 217 g/mol. The van der Waals surface area contributed by atoms with Crippen LogP contribution in [0.4, 0.5) is 0 Å². The minimum atomic E-state index is 0.812. The number of unbranched alkanes of at least 4 members (excludes halogenated alkanes) is 1. The highest BCUT2D eigenvalue weighted by molar-refractivity contribution is 9.09. The lowest BCUT2D eigenvalue weighted by Crippen LogP contribution is -2.05. The molecule has 0 aromatic heterocycles. The van der Waals surface area contributed by atoms with Crippen LogP contribution in [-0.4, -0.2) is 4.83 Å². The number of hydrogen-bond acceptors (Lipinski definition) is 0. The largest absolute Gasteiger partial charge is 0.103 e. The van der Waals surface area contributed by atoms with Crippen LogP contribution in [0.2, 0.25) is 0 Å². The summed E-state index contributed by atoms with van der Waals surface area (Å²) in [5, 5.41) is 0. The molecule has 1 fully saturated rings. The van der Waals surface area contributed by atoms with E-state index in [4.69, 9.17) is 0 Å². The Balaban J connectivity index is 2.10. The van der Waals surface area contributed by atoms with E-state index in [9.17, 15) is 0 Å². The SMILES string of the molecule is C=CCCCC1CCCC1Br. The van der Waals surface area contributed by atoms with E-state index < -0.39 is 0 Å². The van der Waals surface area contributed by atoms with Gasteiger partial charge in [0, 0.05) is 4.83 Å². The van der Waals surface area contributed by atoms with Crippen molar-refractivity contribution in [3.05, 3.63) is 12.7 Å². The zero-order chi connectivity index (χ0) is 8.10. The van der Waals surface area contributed by atoms with E-state index in [2.05, 4.69) is 22.5 Å².